The second-order valence-corrected chi connectivity index (χ2v) is 3.67. The molecule has 5 heteroatoms. The summed E-state index contributed by atoms with van der Waals surface area (Å²) in [7, 11) is 3.02. The highest BCUT2D eigenvalue weighted by Crippen LogP contribution is 2.15. The van der Waals surface area contributed by atoms with E-state index in [2.05, 4.69) is 9.97 Å². The molecule has 0 aliphatic rings. The lowest BCUT2D eigenvalue weighted by Crippen LogP contribution is -2.13. The number of Topliss-reactive ketones (excluding diaryl/α,β-unsaturated/α-hetero) is 1. The largest absolute Gasteiger partial charge is 0.481 e. The predicted octanol–water partition coefficient (Wildman–Crippen LogP) is 1.26. The zero-order valence-electron chi connectivity index (χ0n) is 9.98. The molecule has 0 N–H and O–H groups in total. The maximum atomic E-state index is 11.5. The Morgan fingerprint density at radius 2 is 1.75 bits per heavy atom. The molecular weight excluding hydrogens is 208 g/mol. The Morgan fingerprint density at radius 3 is 2.12 bits per heavy atom. The summed E-state index contributed by atoms with van der Waals surface area (Å²) < 4.78 is 9.99. The maximum absolute atomic E-state index is 11.5. The number of hydrogen-bond acceptors (Lipinski definition) is 5. The minimum Gasteiger partial charge on any atom is -0.481 e. The van der Waals surface area contributed by atoms with Crippen molar-refractivity contribution in [2.45, 2.75) is 20.3 Å². The molecule has 0 aliphatic carbocycles. The van der Waals surface area contributed by atoms with E-state index in [0.29, 0.717) is 17.6 Å². The molecule has 1 aromatic heterocycles. The summed E-state index contributed by atoms with van der Waals surface area (Å²) in [5, 5.41) is 0. The molecular formula is C11H16N2O3. The quantitative estimate of drug-likeness (QED) is 0.753. The van der Waals surface area contributed by atoms with Crippen molar-refractivity contribution in [3.8, 4) is 11.8 Å². The van der Waals surface area contributed by atoms with Gasteiger partial charge in [-0.2, -0.15) is 9.97 Å². The Hall–Kier alpha value is -1.65. The van der Waals surface area contributed by atoms with Gasteiger partial charge in [-0.3, -0.25) is 4.79 Å². The Morgan fingerprint density at radius 1 is 1.25 bits per heavy atom. The van der Waals surface area contributed by atoms with Gasteiger partial charge in [0.15, 0.2) is 0 Å². The van der Waals surface area contributed by atoms with Gasteiger partial charge in [0, 0.05) is 5.92 Å². The Balaban J connectivity index is 2.91. The molecule has 1 heterocycles. The first-order chi connectivity index (χ1) is 7.56. The van der Waals surface area contributed by atoms with Crippen LogP contribution in [0.25, 0.3) is 0 Å². The second kappa shape index (κ2) is 5.44. The van der Waals surface area contributed by atoms with Gasteiger partial charge in [0.1, 0.15) is 11.6 Å². The van der Waals surface area contributed by atoms with E-state index >= 15 is 0 Å². The van der Waals surface area contributed by atoms with Crippen LogP contribution in [0.5, 0.6) is 11.8 Å². The molecule has 0 unspecified atom stereocenters. The molecule has 0 saturated carbocycles. The molecule has 0 saturated heterocycles. The van der Waals surface area contributed by atoms with Crippen molar-refractivity contribution in [3.63, 3.8) is 0 Å². The molecule has 88 valence electrons. The van der Waals surface area contributed by atoms with Gasteiger partial charge in [-0.25, -0.2) is 0 Å². The zero-order valence-corrected chi connectivity index (χ0v) is 9.98. The third-order valence-electron chi connectivity index (χ3n) is 2.12. The molecule has 5 nitrogen and oxygen atoms in total. The lowest BCUT2D eigenvalue weighted by atomic mass is 10.1. The van der Waals surface area contributed by atoms with E-state index in [1.54, 1.807) is 6.07 Å². The molecule has 0 atom stereocenters. The number of rotatable bonds is 5. The van der Waals surface area contributed by atoms with Crippen molar-refractivity contribution in [3.05, 3.63) is 11.9 Å². The summed E-state index contributed by atoms with van der Waals surface area (Å²) in [4.78, 5) is 19.7. The van der Waals surface area contributed by atoms with Crippen molar-refractivity contribution in [1.82, 2.24) is 9.97 Å². The summed E-state index contributed by atoms with van der Waals surface area (Å²) in [6.07, 6.45) is 0.200. The van der Waals surface area contributed by atoms with Crippen molar-refractivity contribution >= 4 is 5.78 Å². The van der Waals surface area contributed by atoms with Crippen LogP contribution in [0.4, 0.5) is 0 Å². The molecule has 0 aliphatic heterocycles. The third-order valence-corrected chi connectivity index (χ3v) is 2.12. The van der Waals surface area contributed by atoms with Gasteiger partial charge in [-0.05, 0) is 0 Å². The number of carbonyl (C=O) groups is 1. The number of ketones is 1. The van der Waals surface area contributed by atoms with Crippen molar-refractivity contribution in [2.24, 2.45) is 5.92 Å². The SMILES string of the molecule is COc1cc(OC)nc(CC(=O)C(C)C)n1. The van der Waals surface area contributed by atoms with Crippen LogP contribution >= 0.6 is 0 Å². The fourth-order valence-corrected chi connectivity index (χ4v) is 1.10. The lowest BCUT2D eigenvalue weighted by Gasteiger charge is -2.07. The summed E-state index contributed by atoms with van der Waals surface area (Å²) in [6, 6.07) is 1.57. The molecule has 1 rings (SSSR count). The minimum atomic E-state index is -0.0270. The van der Waals surface area contributed by atoms with Crippen LogP contribution < -0.4 is 9.47 Å². The van der Waals surface area contributed by atoms with E-state index in [1.807, 2.05) is 13.8 Å². The molecule has 1 aromatic rings. The van der Waals surface area contributed by atoms with E-state index in [4.69, 9.17) is 9.47 Å². The number of methoxy groups -OCH3 is 2. The van der Waals surface area contributed by atoms with E-state index in [0.717, 1.165) is 0 Å². The van der Waals surface area contributed by atoms with Crippen molar-refractivity contribution in [1.29, 1.82) is 0 Å². The van der Waals surface area contributed by atoms with E-state index < -0.39 is 0 Å². The van der Waals surface area contributed by atoms with Gasteiger partial charge >= 0.3 is 0 Å². The monoisotopic (exact) mass is 224 g/mol. The lowest BCUT2D eigenvalue weighted by molar-refractivity contribution is -0.121. The van der Waals surface area contributed by atoms with Crippen LogP contribution in [0.15, 0.2) is 6.07 Å². The van der Waals surface area contributed by atoms with Gasteiger partial charge in [-0.1, -0.05) is 13.8 Å². The second-order valence-electron chi connectivity index (χ2n) is 3.67. The first-order valence-electron chi connectivity index (χ1n) is 5.05. The van der Waals surface area contributed by atoms with Crippen LogP contribution in [0.2, 0.25) is 0 Å². The summed E-state index contributed by atoms with van der Waals surface area (Å²) >= 11 is 0. The van der Waals surface area contributed by atoms with E-state index in [-0.39, 0.29) is 18.1 Å². The summed E-state index contributed by atoms with van der Waals surface area (Å²) in [5.41, 5.74) is 0. The summed E-state index contributed by atoms with van der Waals surface area (Å²) in [5.74, 6) is 1.29. The van der Waals surface area contributed by atoms with Crippen molar-refractivity contribution < 1.29 is 14.3 Å². The molecule has 16 heavy (non-hydrogen) atoms. The number of ether oxygens (including phenoxy) is 2. The van der Waals surface area contributed by atoms with Gasteiger partial charge in [-0.15, -0.1) is 0 Å². The van der Waals surface area contributed by atoms with Gasteiger partial charge in [0.2, 0.25) is 11.8 Å². The predicted molar refractivity (Wildman–Crippen MR) is 58.7 cm³/mol. The first-order valence-corrected chi connectivity index (χ1v) is 5.05. The van der Waals surface area contributed by atoms with Crippen molar-refractivity contribution in [2.75, 3.05) is 14.2 Å². The molecule has 0 aromatic carbocycles. The number of aromatic nitrogens is 2. The number of nitrogens with zero attached hydrogens (tertiary/aromatic N) is 2. The normalized spacial score (nSPS) is 10.3. The first kappa shape index (κ1) is 12.4. The van der Waals surface area contributed by atoms with Gasteiger partial charge in [0.25, 0.3) is 0 Å². The van der Waals surface area contributed by atoms with Gasteiger partial charge in [0.05, 0.1) is 26.7 Å². The highest BCUT2D eigenvalue weighted by molar-refractivity contribution is 5.81. The average Bonchev–Trinajstić information content (AvgIpc) is 2.28. The number of hydrogen-bond donors (Lipinski definition) is 0. The van der Waals surface area contributed by atoms with Crippen LogP contribution in [0, 0.1) is 5.92 Å². The smallest absolute Gasteiger partial charge is 0.220 e. The summed E-state index contributed by atoms with van der Waals surface area (Å²) in [6.45, 7) is 3.69. The maximum Gasteiger partial charge on any atom is 0.220 e. The molecule has 0 fully saturated rings. The molecule has 0 amide bonds. The topological polar surface area (TPSA) is 61.3 Å². The van der Waals surface area contributed by atoms with Crippen LogP contribution in [-0.2, 0) is 11.2 Å². The molecule has 0 bridgehead atoms. The van der Waals surface area contributed by atoms with Crippen LogP contribution in [-0.4, -0.2) is 30.0 Å². The highest BCUT2D eigenvalue weighted by Gasteiger charge is 2.12. The fraction of sp³-hybridized carbons (Fsp3) is 0.545. The standard InChI is InChI=1S/C11H16N2O3/c1-7(2)8(14)5-9-12-10(15-3)6-11(13-9)16-4/h6-7H,5H2,1-4H3. The van der Waals surface area contributed by atoms with E-state index in [1.165, 1.54) is 14.2 Å². The minimum absolute atomic E-state index is 0.0270. The molecule has 0 spiro atoms. The number of carbonyl (C=O) groups excluding carboxylic acids is 1. The van der Waals surface area contributed by atoms with Gasteiger partial charge < -0.3 is 9.47 Å². The average molecular weight is 224 g/mol. The van der Waals surface area contributed by atoms with E-state index in [9.17, 15) is 4.79 Å². The Labute approximate surface area is 94.8 Å². The highest BCUT2D eigenvalue weighted by atomic mass is 16.5. The Kier molecular flexibility index (Phi) is 4.22. The molecule has 0 radical (unpaired) electrons. The Bertz CT molecular complexity index is 355. The van der Waals surface area contributed by atoms with Crippen LogP contribution in [0.1, 0.15) is 19.7 Å². The fourth-order valence-electron chi connectivity index (χ4n) is 1.10. The van der Waals surface area contributed by atoms with Crippen LogP contribution in [0.3, 0.4) is 0 Å². The third kappa shape index (κ3) is 3.18. The zero-order chi connectivity index (χ0) is 12.1.